The Labute approximate surface area is 131 Å². The van der Waals surface area contributed by atoms with E-state index < -0.39 is 0 Å². The molecule has 0 N–H and O–H groups in total. The van der Waals surface area contributed by atoms with Crippen LogP contribution >= 0.6 is 0 Å². The Balaban J connectivity index is 2.06. The predicted molar refractivity (Wildman–Crippen MR) is 84.0 cm³/mol. The molecule has 1 aliphatic heterocycles. The second-order valence-corrected chi connectivity index (χ2v) is 5.86. The molecular formula is C17H24N2O3. The SMILES string of the molecule is CN(C)C(=O)CCC1CCCN1C(OC=O)c1ccccc1. The standard InChI is InChI=1S/C17H24N2O3/c1-18(2)16(21)11-10-15-9-6-12-19(15)17(22-13-20)14-7-4-3-5-8-14/h3-5,7-8,13,15,17H,6,9-12H2,1-2H3. The van der Waals surface area contributed by atoms with E-state index in [0.717, 1.165) is 31.4 Å². The van der Waals surface area contributed by atoms with Crippen molar-refractivity contribution >= 4 is 12.4 Å². The Bertz CT molecular complexity index is 490. The number of ether oxygens (including phenoxy) is 1. The van der Waals surface area contributed by atoms with Gasteiger partial charge in [-0.25, -0.2) is 0 Å². The lowest BCUT2D eigenvalue weighted by atomic mass is 10.1. The van der Waals surface area contributed by atoms with E-state index in [0.29, 0.717) is 12.9 Å². The molecule has 1 amide bonds. The van der Waals surface area contributed by atoms with Gasteiger partial charge in [-0.3, -0.25) is 14.5 Å². The van der Waals surface area contributed by atoms with E-state index >= 15 is 0 Å². The van der Waals surface area contributed by atoms with Crippen LogP contribution in [-0.2, 0) is 14.3 Å². The number of carbonyl (C=O) groups excluding carboxylic acids is 2. The third-order valence-electron chi connectivity index (χ3n) is 4.18. The van der Waals surface area contributed by atoms with Gasteiger partial charge < -0.3 is 9.64 Å². The van der Waals surface area contributed by atoms with Gasteiger partial charge in [-0.2, -0.15) is 0 Å². The molecule has 0 radical (unpaired) electrons. The van der Waals surface area contributed by atoms with Gasteiger partial charge in [0.1, 0.15) is 0 Å². The van der Waals surface area contributed by atoms with Crippen molar-refractivity contribution in [1.82, 2.24) is 9.80 Å². The largest absolute Gasteiger partial charge is 0.444 e. The summed E-state index contributed by atoms with van der Waals surface area (Å²) >= 11 is 0. The number of likely N-dealkylation sites (tertiary alicyclic amines) is 1. The van der Waals surface area contributed by atoms with Crippen molar-refractivity contribution in [1.29, 1.82) is 0 Å². The molecular weight excluding hydrogens is 280 g/mol. The summed E-state index contributed by atoms with van der Waals surface area (Å²) in [6.45, 7) is 1.40. The van der Waals surface area contributed by atoms with E-state index in [9.17, 15) is 9.59 Å². The minimum atomic E-state index is -0.361. The zero-order chi connectivity index (χ0) is 15.9. The third kappa shape index (κ3) is 4.07. The Morgan fingerprint density at radius 1 is 1.41 bits per heavy atom. The molecule has 120 valence electrons. The molecule has 1 aliphatic rings. The van der Waals surface area contributed by atoms with Crippen LogP contribution in [0.4, 0.5) is 0 Å². The number of benzene rings is 1. The molecule has 1 aromatic carbocycles. The Hall–Kier alpha value is -1.88. The van der Waals surface area contributed by atoms with Crippen molar-refractivity contribution in [2.75, 3.05) is 20.6 Å². The van der Waals surface area contributed by atoms with Crippen molar-refractivity contribution in [2.24, 2.45) is 0 Å². The van der Waals surface area contributed by atoms with Gasteiger partial charge >= 0.3 is 0 Å². The molecule has 1 fully saturated rings. The summed E-state index contributed by atoms with van der Waals surface area (Å²) in [7, 11) is 3.55. The number of hydrogen-bond donors (Lipinski definition) is 0. The van der Waals surface area contributed by atoms with E-state index in [1.165, 1.54) is 0 Å². The number of amides is 1. The second kappa shape index (κ2) is 7.94. The van der Waals surface area contributed by atoms with Crippen molar-refractivity contribution in [3.63, 3.8) is 0 Å². The molecule has 2 unspecified atom stereocenters. The molecule has 0 aliphatic carbocycles. The summed E-state index contributed by atoms with van der Waals surface area (Å²) in [5.41, 5.74) is 0.973. The number of rotatable bonds is 7. The smallest absolute Gasteiger partial charge is 0.294 e. The fourth-order valence-corrected chi connectivity index (χ4v) is 3.01. The molecule has 1 saturated heterocycles. The summed E-state index contributed by atoms with van der Waals surface area (Å²) in [4.78, 5) is 26.5. The lowest BCUT2D eigenvalue weighted by molar-refractivity contribution is -0.146. The minimum Gasteiger partial charge on any atom is -0.444 e. The Morgan fingerprint density at radius 2 is 2.14 bits per heavy atom. The highest BCUT2D eigenvalue weighted by molar-refractivity contribution is 5.75. The van der Waals surface area contributed by atoms with E-state index in [2.05, 4.69) is 4.90 Å². The van der Waals surface area contributed by atoms with Gasteiger partial charge in [0.25, 0.3) is 6.47 Å². The van der Waals surface area contributed by atoms with Crippen LogP contribution in [0.25, 0.3) is 0 Å². The van der Waals surface area contributed by atoms with E-state index in [1.807, 2.05) is 30.3 Å². The molecule has 0 saturated carbocycles. The van der Waals surface area contributed by atoms with E-state index in [4.69, 9.17) is 4.74 Å². The molecule has 22 heavy (non-hydrogen) atoms. The monoisotopic (exact) mass is 304 g/mol. The van der Waals surface area contributed by atoms with Crippen LogP contribution in [0.3, 0.4) is 0 Å². The van der Waals surface area contributed by atoms with Crippen LogP contribution in [0.2, 0.25) is 0 Å². The van der Waals surface area contributed by atoms with Crippen molar-refractivity contribution in [3.8, 4) is 0 Å². The van der Waals surface area contributed by atoms with Crippen LogP contribution in [0.15, 0.2) is 30.3 Å². The number of nitrogens with zero attached hydrogens (tertiary/aromatic N) is 2. The minimum absolute atomic E-state index is 0.138. The lowest BCUT2D eigenvalue weighted by Gasteiger charge is -2.31. The highest BCUT2D eigenvalue weighted by Gasteiger charge is 2.32. The van der Waals surface area contributed by atoms with Gasteiger partial charge in [0.05, 0.1) is 0 Å². The first-order valence-corrected chi connectivity index (χ1v) is 7.73. The molecule has 1 aromatic rings. The zero-order valence-corrected chi connectivity index (χ0v) is 13.3. The molecule has 1 heterocycles. The molecule has 0 spiro atoms. The van der Waals surface area contributed by atoms with Crippen LogP contribution in [0.1, 0.15) is 37.5 Å². The maximum absolute atomic E-state index is 11.8. The lowest BCUT2D eigenvalue weighted by Crippen LogP contribution is -2.36. The van der Waals surface area contributed by atoms with Crippen LogP contribution in [0.5, 0.6) is 0 Å². The first-order valence-electron chi connectivity index (χ1n) is 7.73. The maximum atomic E-state index is 11.8. The number of carbonyl (C=O) groups is 2. The third-order valence-corrected chi connectivity index (χ3v) is 4.18. The van der Waals surface area contributed by atoms with Crippen molar-refractivity contribution < 1.29 is 14.3 Å². The quantitative estimate of drug-likeness (QED) is 0.725. The summed E-state index contributed by atoms with van der Waals surface area (Å²) in [6, 6.07) is 10.0. The molecule has 0 bridgehead atoms. The number of hydrogen-bond acceptors (Lipinski definition) is 4. The van der Waals surface area contributed by atoms with Crippen LogP contribution in [-0.4, -0.2) is 48.9 Å². The predicted octanol–water partition coefficient (Wildman–Crippen LogP) is 2.19. The average Bonchev–Trinajstić information content (AvgIpc) is 2.99. The van der Waals surface area contributed by atoms with Gasteiger partial charge in [-0.15, -0.1) is 0 Å². The summed E-state index contributed by atoms with van der Waals surface area (Å²) < 4.78 is 5.35. The topological polar surface area (TPSA) is 49.9 Å². The van der Waals surface area contributed by atoms with Gasteiger partial charge in [-0.05, 0) is 19.3 Å². The van der Waals surface area contributed by atoms with Crippen LogP contribution < -0.4 is 0 Å². The highest BCUT2D eigenvalue weighted by atomic mass is 16.5. The summed E-state index contributed by atoms with van der Waals surface area (Å²) in [6.07, 6.45) is 3.05. The molecule has 2 atom stereocenters. The maximum Gasteiger partial charge on any atom is 0.294 e. The summed E-state index contributed by atoms with van der Waals surface area (Å²) in [5.74, 6) is 0.138. The fraction of sp³-hybridized carbons (Fsp3) is 0.529. The first-order chi connectivity index (χ1) is 10.6. The first kappa shape index (κ1) is 16.5. The Kier molecular flexibility index (Phi) is 5.95. The van der Waals surface area contributed by atoms with E-state index in [1.54, 1.807) is 19.0 Å². The van der Waals surface area contributed by atoms with Gasteiger partial charge in [0.2, 0.25) is 5.91 Å². The van der Waals surface area contributed by atoms with Gasteiger partial charge in [-0.1, -0.05) is 30.3 Å². The van der Waals surface area contributed by atoms with Crippen molar-refractivity contribution in [3.05, 3.63) is 35.9 Å². The normalized spacial score (nSPS) is 19.6. The van der Waals surface area contributed by atoms with Gasteiger partial charge in [0.15, 0.2) is 6.23 Å². The van der Waals surface area contributed by atoms with Crippen molar-refractivity contribution in [2.45, 2.75) is 38.0 Å². The second-order valence-electron chi connectivity index (χ2n) is 5.86. The molecule has 5 heteroatoms. The highest BCUT2D eigenvalue weighted by Crippen LogP contribution is 2.32. The molecule has 5 nitrogen and oxygen atoms in total. The van der Waals surface area contributed by atoms with E-state index in [-0.39, 0.29) is 18.2 Å². The van der Waals surface area contributed by atoms with Crippen LogP contribution in [0, 0.1) is 0 Å². The summed E-state index contributed by atoms with van der Waals surface area (Å²) in [5, 5.41) is 0. The zero-order valence-electron chi connectivity index (χ0n) is 13.3. The average molecular weight is 304 g/mol. The fourth-order valence-electron chi connectivity index (χ4n) is 3.01. The Morgan fingerprint density at radius 3 is 2.77 bits per heavy atom. The van der Waals surface area contributed by atoms with Gasteiger partial charge in [0, 0.05) is 38.7 Å². The molecule has 0 aromatic heterocycles. The molecule has 2 rings (SSSR count).